The summed E-state index contributed by atoms with van der Waals surface area (Å²) in [5.41, 5.74) is 9.93. The molecular formula is C26H31ClN8O. The summed E-state index contributed by atoms with van der Waals surface area (Å²) in [5.74, 6) is 0.810. The van der Waals surface area contributed by atoms with Crippen LogP contribution in [-0.4, -0.2) is 54.3 Å². The molecule has 2 saturated heterocycles. The molecule has 10 heteroatoms. The Morgan fingerprint density at radius 3 is 2.69 bits per heavy atom. The van der Waals surface area contributed by atoms with Gasteiger partial charge in [-0.2, -0.15) is 5.10 Å². The second-order valence-corrected chi connectivity index (χ2v) is 11.5. The first kappa shape index (κ1) is 23.2. The van der Waals surface area contributed by atoms with E-state index in [2.05, 4.69) is 20.3 Å². The molecule has 4 N–H and O–H groups in total. The van der Waals surface area contributed by atoms with Crippen LogP contribution in [0.3, 0.4) is 0 Å². The molecule has 0 unspecified atom stereocenters. The molecule has 5 heterocycles. The number of H-pyrrole nitrogens is 1. The highest BCUT2D eigenvalue weighted by molar-refractivity contribution is 6.38. The van der Waals surface area contributed by atoms with Gasteiger partial charge in [0.05, 0.1) is 16.7 Å². The van der Waals surface area contributed by atoms with Gasteiger partial charge in [-0.05, 0) is 52.5 Å². The summed E-state index contributed by atoms with van der Waals surface area (Å²) in [6.07, 6.45) is 9.94. The maximum atomic E-state index is 12.4. The van der Waals surface area contributed by atoms with Crippen LogP contribution in [-0.2, 0) is 11.3 Å². The van der Waals surface area contributed by atoms with Gasteiger partial charge in [-0.1, -0.05) is 17.7 Å². The second-order valence-electron chi connectivity index (χ2n) is 11.1. The van der Waals surface area contributed by atoms with Crippen molar-refractivity contribution >= 4 is 45.4 Å². The van der Waals surface area contributed by atoms with E-state index < -0.39 is 0 Å². The fourth-order valence-corrected chi connectivity index (χ4v) is 6.12. The highest BCUT2D eigenvalue weighted by Gasteiger charge is 2.40. The van der Waals surface area contributed by atoms with Crippen LogP contribution in [0, 0.1) is 0 Å². The number of anilines is 1. The first-order valence-electron chi connectivity index (χ1n) is 12.5. The molecule has 2 bridgehead atoms. The number of aromatic amines is 1. The Balaban J connectivity index is 1.30. The predicted molar refractivity (Wildman–Crippen MR) is 142 cm³/mol. The van der Waals surface area contributed by atoms with Crippen molar-refractivity contribution in [3.8, 4) is 11.1 Å². The number of carbonyl (C=O) groups excluding carboxylic acids is 1. The molecule has 0 radical (unpaired) electrons. The lowest BCUT2D eigenvalue weighted by atomic mass is 9.98. The van der Waals surface area contributed by atoms with Gasteiger partial charge in [0.15, 0.2) is 5.65 Å². The first-order chi connectivity index (χ1) is 17.2. The summed E-state index contributed by atoms with van der Waals surface area (Å²) in [6.45, 7) is 5.98. The Morgan fingerprint density at radius 1 is 1.22 bits per heavy atom. The van der Waals surface area contributed by atoms with Crippen molar-refractivity contribution in [3.05, 3.63) is 35.7 Å². The Bertz CT molecular complexity index is 1450. The molecule has 1 aromatic carbocycles. The summed E-state index contributed by atoms with van der Waals surface area (Å²) >= 11 is 6.87. The first-order valence-corrected chi connectivity index (χ1v) is 12.9. The molecule has 2 aliphatic heterocycles. The van der Waals surface area contributed by atoms with Crippen molar-refractivity contribution in [2.24, 2.45) is 5.73 Å². The number of hydrogen-bond donors (Lipinski definition) is 3. The van der Waals surface area contributed by atoms with Crippen LogP contribution in [0.15, 0.2) is 30.7 Å². The third-order valence-corrected chi connectivity index (χ3v) is 7.59. The van der Waals surface area contributed by atoms with Crippen LogP contribution < -0.4 is 16.0 Å². The van der Waals surface area contributed by atoms with E-state index in [-0.39, 0.29) is 24.0 Å². The molecule has 1 amide bonds. The topological polar surface area (TPSA) is 118 Å². The number of nitrogens with one attached hydrogen (secondary N) is 2. The van der Waals surface area contributed by atoms with Crippen molar-refractivity contribution in [2.75, 3.05) is 4.90 Å². The lowest BCUT2D eigenvalue weighted by molar-refractivity contribution is -0.123. The van der Waals surface area contributed by atoms with E-state index >= 15 is 0 Å². The third kappa shape index (κ3) is 4.10. The summed E-state index contributed by atoms with van der Waals surface area (Å²) < 4.78 is 1.63. The van der Waals surface area contributed by atoms with Crippen LogP contribution in [0.5, 0.6) is 0 Å². The van der Waals surface area contributed by atoms with Crippen LogP contribution in [0.4, 0.5) is 5.82 Å². The molecule has 3 aromatic heterocycles. The zero-order valence-corrected chi connectivity index (χ0v) is 21.5. The molecular weight excluding hydrogens is 476 g/mol. The van der Waals surface area contributed by atoms with E-state index in [0.29, 0.717) is 17.1 Å². The van der Waals surface area contributed by atoms with Gasteiger partial charge in [0.2, 0.25) is 5.91 Å². The van der Waals surface area contributed by atoms with Crippen molar-refractivity contribution in [1.82, 2.24) is 30.0 Å². The summed E-state index contributed by atoms with van der Waals surface area (Å²) in [6, 6.07) is 5.03. The Hall–Kier alpha value is -3.17. The van der Waals surface area contributed by atoms with Crippen LogP contribution in [0.1, 0.15) is 46.5 Å². The van der Waals surface area contributed by atoms with E-state index in [0.717, 1.165) is 64.7 Å². The minimum absolute atomic E-state index is 0.0986. The summed E-state index contributed by atoms with van der Waals surface area (Å²) in [4.78, 5) is 27.8. The SMILES string of the molecule is CC(C)(C)NC(=O)Cn1cc2c(Cl)c(-c3c[nH]c4nc(N5[C@@H]6CC[C@H]5C[C@@H](N)C6)cnc34)ccc2n1. The van der Waals surface area contributed by atoms with E-state index in [1.54, 1.807) is 4.68 Å². The van der Waals surface area contributed by atoms with Crippen LogP contribution in [0.25, 0.3) is 33.2 Å². The molecule has 2 aliphatic rings. The largest absolute Gasteiger partial charge is 0.350 e. The van der Waals surface area contributed by atoms with Gasteiger partial charge >= 0.3 is 0 Å². The number of hydrogen-bond acceptors (Lipinski definition) is 6. The zero-order valence-electron chi connectivity index (χ0n) is 20.8. The van der Waals surface area contributed by atoms with Gasteiger partial charge in [-0.3, -0.25) is 9.48 Å². The van der Waals surface area contributed by atoms with Gasteiger partial charge in [0.25, 0.3) is 0 Å². The molecule has 9 nitrogen and oxygen atoms in total. The number of aromatic nitrogens is 5. The van der Waals surface area contributed by atoms with Gasteiger partial charge < -0.3 is 20.9 Å². The summed E-state index contributed by atoms with van der Waals surface area (Å²) in [7, 11) is 0. The summed E-state index contributed by atoms with van der Waals surface area (Å²) in [5, 5.41) is 8.86. The number of nitrogens with zero attached hydrogens (tertiary/aromatic N) is 5. The lowest BCUT2D eigenvalue weighted by Gasteiger charge is -2.38. The van der Waals surface area contributed by atoms with E-state index in [1.165, 1.54) is 0 Å². The second kappa shape index (κ2) is 8.45. The number of rotatable bonds is 4. The number of amides is 1. The Labute approximate surface area is 214 Å². The molecule has 188 valence electrons. The van der Waals surface area contributed by atoms with Crippen LogP contribution >= 0.6 is 11.6 Å². The number of fused-ring (bicyclic) bond motifs is 4. The quantitative estimate of drug-likeness (QED) is 0.385. The number of piperidine rings is 1. The Kier molecular flexibility index (Phi) is 5.46. The molecule has 4 aromatic rings. The molecule has 6 rings (SSSR count). The molecule has 0 aliphatic carbocycles. The molecule has 0 spiro atoms. The van der Waals surface area contributed by atoms with Gasteiger partial charge in [-0.25, -0.2) is 9.97 Å². The van der Waals surface area contributed by atoms with E-state index in [1.807, 2.05) is 51.5 Å². The van der Waals surface area contributed by atoms with Crippen molar-refractivity contribution < 1.29 is 4.79 Å². The number of benzene rings is 1. The number of carbonyl (C=O) groups is 1. The highest BCUT2D eigenvalue weighted by Crippen LogP contribution is 2.40. The maximum absolute atomic E-state index is 12.4. The predicted octanol–water partition coefficient (Wildman–Crippen LogP) is 4.00. The standard InChI is InChI=1S/C26H31ClN8O/c1-26(2,3)32-22(36)13-34-12-19-20(33-34)7-6-17(23(19)27)18-10-30-25-24(18)29-11-21(31-25)35-15-4-5-16(35)9-14(28)8-15/h6-7,10-12,14-16H,4-5,8-9,13,28H2,1-3H3,(H,30,31)(H,32,36)/t14-,15+,16-. The fraction of sp³-hybridized carbons (Fsp3) is 0.462. The average molecular weight is 507 g/mol. The van der Waals surface area contributed by atoms with Crippen molar-refractivity contribution in [1.29, 1.82) is 0 Å². The van der Waals surface area contributed by atoms with E-state index in [4.69, 9.17) is 27.3 Å². The van der Waals surface area contributed by atoms with E-state index in [9.17, 15) is 4.79 Å². The average Bonchev–Trinajstić information content (AvgIpc) is 3.47. The normalized spacial score (nSPS) is 22.0. The number of nitrogens with two attached hydrogens (primary N) is 1. The fourth-order valence-electron chi connectivity index (χ4n) is 5.81. The van der Waals surface area contributed by atoms with Gasteiger partial charge in [0, 0.05) is 52.6 Å². The zero-order chi connectivity index (χ0) is 25.2. The minimum Gasteiger partial charge on any atom is -0.350 e. The van der Waals surface area contributed by atoms with Crippen molar-refractivity contribution in [3.63, 3.8) is 0 Å². The monoisotopic (exact) mass is 506 g/mol. The van der Waals surface area contributed by atoms with Gasteiger partial charge in [-0.15, -0.1) is 0 Å². The molecule has 3 atom stereocenters. The Morgan fingerprint density at radius 2 is 1.97 bits per heavy atom. The minimum atomic E-state index is -0.300. The molecule has 2 fully saturated rings. The third-order valence-electron chi connectivity index (χ3n) is 7.18. The smallest absolute Gasteiger partial charge is 0.242 e. The molecule has 36 heavy (non-hydrogen) atoms. The lowest BCUT2D eigenvalue weighted by Crippen LogP contribution is -2.47. The van der Waals surface area contributed by atoms with Crippen molar-refractivity contribution in [2.45, 2.75) is 76.7 Å². The highest BCUT2D eigenvalue weighted by atomic mass is 35.5. The van der Waals surface area contributed by atoms with Crippen LogP contribution in [0.2, 0.25) is 5.02 Å². The van der Waals surface area contributed by atoms with Gasteiger partial charge in [0.1, 0.15) is 17.9 Å². The maximum Gasteiger partial charge on any atom is 0.242 e. The number of halogens is 1. The molecule has 0 saturated carbocycles.